The largest absolute Gasteiger partial charge is 0.429 e. The van der Waals surface area contributed by atoms with Crippen LogP contribution in [0.25, 0.3) is 0 Å². The first kappa shape index (κ1) is 10.9. The van der Waals surface area contributed by atoms with E-state index in [0.717, 1.165) is 23.6 Å². The smallest absolute Gasteiger partial charge is 0.280 e. The lowest BCUT2D eigenvalue weighted by atomic mass is 10.2. The maximum absolute atomic E-state index is 5.64. The molecule has 84 valence electrons. The minimum Gasteiger partial charge on any atom is -0.429 e. The molecule has 2 aromatic heterocycles. The van der Waals surface area contributed by atoms with Crippen molar-refractivity contribution in [1.82, 2.24) is 9.97 Å². The number of aromatic nitrogens is 2. The monoisotopic (exact) mass is 235 g/mol. The van der Waals surface area contributed by atoms with Gasteiger partial charge in [-0.25, -0.2) is 4.98 Å². The summed E-state index contributed by atoms with van der Waals surface area (Å²) < 4.78 is 5.64. The summed E-state index contributed by atoms with van der Waals surface area (Å²) in [6, 6.07) is 3.84. The molecule has 0 aliphatic carbocycles. The third-order valence-electron chi connectivity index (χ3n) is 2.11. The van der Waals surface area contributed by atoms with Crippen molar-refractivity contribution in [1.29, 1.82) is 0 Å². The third-order valence-corrected chi connectivity index (χ3v) is 2.81. The molecule has 0 spiro atoms. The zero-order valence-corrected chi connectivity index (χ0v) is 10.0. The van der Waals surface area contributed by atoms with Crippen LogP contribution in [-0.2, 0) is 6.42 Å². The van der Waals surface area contributed by atoms with Crippen LogP contribution in [0.5, 0.6) is 10.9 Å². The number of hydrogen-bond donors (Lipinski definition) is 1. The van der Waals surface area contributed by atoms with E-state index in [1.54, 1.807) is 6.20 Å². The van der Waals surface area contributed by atoms with E-state index >= 15 is 0 Å². The minimum atomic E-state index is 0.554. The number of pyridine rings is 1. The predicted molar refractivity (Wildman–Crippen MR) is 65.0 cm³/mol. The van der Waals surface area contributed by atoms with Gasteiger partial charge in [0.2, 0.25) is 0 Å². The molecular formula is C11H13N3OS. The van der Waals surface area contributed by atoms with E-state index in [1.165, 1.54) is 11.3 Å². The number of hydrogen-bond acceptors (Lipinski definition) is 5. The fraction of sp³-hybridized carbons (Fsp3) is 0.273. The van der Waals surface area contributed by atoms with Crippen LogP contribution in [0.2, 0.25) is 0 Å². The molecule has 0 saturated carbocycles. The van der Waals surface area contributed by atoms with Gasteiger partial charge in [0.15, 0.2) is 5.75 Å². The van der Waals surface area contributed by atoms with Crippen molar-refractivity contribution >= 4 is 16.3 Å². The molecule has 0 saturated heterocycles. The van der Waals surface area contributed by atoms with Gasteiger partial charge in [0.1, 0.15) is 5.00 Å². The Balaban J connectivity index is 2.27. The summed E-state index contributed by atoms with van der Waals surface area (Å²) in [5.41, 5.74) is 7.51. The van der Waals surface area contributed by atoms with Crippen molar-refractivity contribution in [2.75, 3.05) is 5.73 Å². The highest BCUT2D eigenvalue weighted by molar-refractivity contribution is 7.17. The summed E-state index contributed by atoms with van der Waals surface area (Å²) in [4.78, 5) is 8.47. The number of nitrogen functional groups attached to an aromatic ring is 1. The quantitative estimate of drug-likeness (QED) is 0.888. The molecule has 0 aliphatic rings. The van der Waals surface area contributed by atoms with E-state index in [9.17, 15) is 0 Å². The third kappa shape index (κ3) is 2.30. The van der Waals surface area contributed by atoms with Crippen LogP contribution in [0.3, 0.4) is 0 Å². The molecular weight excluding hydrogens is 222 g/mol. The predicted octanol–water partition coefficient (Wildman–Crippen LogP) is 2.78. The Morgan fingerprint density at radius 1 is 1.44 bits per heavy atom. The molecule has 5 heteroatoms. The standard InChI is InChI=1S/C11H13N3OS/c1-3-8-9(5-4-7(2)14-8)15-11-13-6-10(12)16-11/h4-6H,3,12H2,1-2H3. The highest BCUT2D eigenvalue weighted by Gasteiger charge is 2.07. The van der Waals surface area contributed by atoms with Crippen LogP contribution >= 0.6 is 11.3 Å². The lowest BCUT2D eigenvalue weighted by molar-refractivity contribution is 0.469. The molecule has 0 bridgehead atoms. The molecule has 0 aliphatic heterocycles. The van der Waals surface area contributed by atoms with E-state index in [0.29, 0.717) is 10.2 Å². The zero-order valence-electron chi connectivity index (χ0n) is 9.23. The molecule has 2 aromatic rings. The molecule has 2 N–H and O–H groups in total. The molecule has 0 unspecified atom stereocenters. The Bertz CT molecular complexity index is 496. The van der Waals surface area contributed by atoms with E-state index in [-0.39, 0.29) is 0 Å². The van der Waals surface area contributed by atoms with E-state index in [2.05, 4.69) is 9.97 Å². The molecule has 4 nitrogen and oxygen atoms in total. The number of nitrogens with two attached hydrogens (primary N) is 1. The molecule has 2 heterocycles. The highest BCUT2D eigenvalue weighted by atomic mass is 32.1. The number of thiazole rings is 1. The van der Waals surface area contributed by atoms with E-state index in [4.69, 9.17) is 10.5 Å². The van der Waals surface area contributed by atoms with Crippen molar-refractivity contribution in [2.45, 2.75) is 20.3 Å². The van der Waals surface area contributed by atoms with Crippen LogP contribution in [0.4, 0.5) is 5.00 Å². The van der Waals surface area contributed by atoms with Crippen LogP contribution in [0.1, 0.15) is 18.3 Å². The average Bonchev–Trinajstić information content (AvgIpc) is 2.67. The van der Waals surface area contributed by atoms with Gasteiger partial charge < -0.3 is 10.5 Å². The van der Waals surface area contributed by atoms with Gasteiger partial charge in [-0.2, -0.15) is 0 Å². The summed E-state index contributed by atoms with van der Waals surface area (Å²) in [7, 11) is 0. The second kappa shape index (κ2) is 4.49. The van der Waals surface area contributed by atoms with Crippen LogP contribution in [-0.4, -0.2) is 9.97 Å². The lowest BCUT2D eigenvalue weighted by Gasteiger charge is -2.07. The Hall–Kier alpha value is -1.62. The van der Waals surface area contributed by atoms with Crippen molar-refractivity contribution in [3.63, 3.8) is 0 Å². The summed E-state index contributed by atoms with van der Waals surface area (Å²) in [6.07, 6.45) is 2.42. The number of ether oxygens (including phenoxy) is 1. The first-order valence-corrected chi connectivity index (χ1v) is 5.86. The van der Waals surface area contributed by atoms with Gasteiger partial charge in [0.25, 0.3) is 5.19 Å². The number of aryl methyl sites for hydroxylation is 2. The van der Waals surface area contributed by atoms with Crippen molar-refractivity contribution in [2.24, 2.45) is 0 Å². The Morgan fingerprint density at radius 2 is 2.25 bits per heavy atom. The van der Waals surface area contributed by atoms with Gasteiger partial charge in [-0.15, -0.1) is 0 Å². The summed E-state index contributed by atoms with van der Waals surface area (Å²) in [5.74, 6) is 0.752. The number of rotatable bonds is 3. The van der Waals surface area contributed by atoms with Crippen molar-refractivity contribution in [3.8, 4) is 10.9 Å². The maximum Gasteiger partial charge on any atom is 0.280 e. The Kier molecular flexibility index (Phi) is 3.05. The average molecular weight is 235 g/mol. The van der Waals surface area contributed by atoms with Gasteiger partial charge in [0.05, 0.1) is 11.9 Å². The molecule has 0 fully saturated rings. The molecule has 0 radical (unpaired) electrons. The first-order chi connectivity index (χ1) is 7.69. The second-order valence-corrected chi connectivity index (χ2v) is 4.41. The van der Waals surface area contributed by atoms with Gasteiger partial charge in [-0.3, -0.25) is 4.98 Å². The van der Waals surface area contributed by atoms with Gasteiger partial charge >= 0.3 is 0 Å². The topological polar surface area (TPSA) is 61.0 Å². The highest BCUT2D eigenvalue weighted by Crippen LogP contribution is 2.29. The molecule has 2 rings (SSSR count). The fourth-order valence-corrected chi connectivity index (χ4v) is 1.90. The fourth-order valence-electron chi connectivity index (χ4n) is 1.36. The summed E-state index contributed by atoms with van der Waals surface area (Å²) >= 11 is 1.32. The van der Waals surface area contributed by atoms with Gasteiger partial charge in [0, 0.05) is 5.69 Å². The Morgan fingerprint density at radius 3 is 2.88 bits per heavy atom. The van der Waals surface area contributed by atoms with Crippen LogP contribution in [0.15, 0.2) is 18.3 Å². The summed E-state index contributed by atoms with van der Waals surface area (Å²) in [5, 5.41) is 1.20. The number of anilines is 1. The summed E-state index contributed by atoms with van der Waals surface area (Å²) in [6.45, 7) is 4.01. The lowest BCUT2D eigenvalue weighted by Crippen LogP contribution is -1.95. The SMILES string of the molecule is CCc1nc(C)ccc1Oc1ncc(N)s1. The van der Waals surface area contributed by atoms with Crippen molar-refractivity contribution < 1.29 is 4.74 Å². The molecule has 0 aromatic carbocycles. The second-order valence-electron chi connectivity index (χ2n) is 3.38. The zero-order chi connectivity index (χ0) is 11.5. The van der Waals surface area contributed by atoms with E-state index in [1.807, 2.05) is 26.0 Å². The minimum absolute atomic E-state index is 0.554. The van der Waals surface area contributed by atoms with E-state index < -0.39 is 0 Å². The molecule has 16 heavy (non-hydrogen) atoms. The maximum atomic E-state index is 5.64. The van der Waals surface area contributed by atoms with Crippen molar-refractivity contribution in [3.05, 3.63) is 29.7 Å². The van der Waals surface area contributed by atoms with Crippen LogP contribution in [0, 0.1) is 6.92 Å². The first-order valence-electron chi connectivity index (χ1n) is 5.04. The van der Waals surface area contributed by atoms with Crippen LogP contribution < -0.4 is 10.5 Å². The molecule has 0 atom stereocenters. The van der Waals surface area contributed by atoms with Gasteiger partial charge in [-0.1, -0.05) is 18.3 Å². The number of nitrogens with zero attached hydrogens (tertiary/aromatic N) is 2. The molecule has 0 amide bonds. The van der Waals surface area contributed by atoms with Gasteiger partial charge in [-0.05, 0) is 25.5 Å². The Labute approximate surface area is 98.1 Å². The normalized spacial score (nSPS) is 10.4.